The van der Waals surface area contributed by atoms with Gasteiger partial charge in [-0.25, -0.2) is 4.98 Å². The number of thioether (sulfide) groups is 1. The van der Waals surface area contributed by atoms with Gasteiger partial charge in [-0.05, 0) is 52.9 Å². The van der Waals surface area contributed by atoms with Crippen LogP contribution in [0, 0.1) is 6.92 Å². The van der Waals surface area contributed by atoms with Crippen molar-refractivity contribution in [2.24, 2.45) is 0 Å². The Kier molecular flexibility index (Phi) is 5.33. The molecule has 14 heavy (non-hydrogen) atoms. The molecule has 1 N–H and O–H groups in total. The van der Waals surface area contributed by atoms with Gasteiger partial charge in [-0.1, -0.05) is 0 Å². The van der Waals surface area contributed by atoms with E-state index in [9.17, 15) is 0 Å². The molecular formula is C10H15BrN2S. The van der Waals surface area contributed by atoms with Crippen LogP contribution in [-0.4, -0.2) is 23.5 Å². The summed E-state index contributed by atoms with van der Waals surface area (Å²) in [5, 5.41) is 3.30. The largest absolute Gasteiger partial charge is 0.369 e. The highest BCUT2D eigenvalue weighted by Gasteiger charge is 1.99. The molecule has 1 aromatic heterocycles. The summed E-state index contributed by atoms with van der Waals surface area (Å²) < 4.78 is 1.04. The summed E-state index contributed by atoms with van der Waals surface area (Å²) in [5.74, 6) is 2.13. The molecule has 4 heteroatoms. The Labute approximate surface area is 98.0 Å². The third-order valence-electron chi connectivity index (χ3n) is 1.80. The van der Waals surface area contributed by atoms with E-state index in [0.29, 0.717) is 0 Å². The Bertz CT molecular complexity index is 291. The van der Waals surface area contributed by atoms with Crippen molar-refractivity contribution in [1.29, 1.82) is 0 Å². The first-order chi connectivity index (χ1) is 6.74. The molecule has 78 valence electrons. The van der Waals surface area contributed by atoms with Gasteiger partial charge in [-0.15, -0.1) is 0 Å². The summed E-state index contributed by atoms with van der Waals surface area (Å²) in [4.78, 5) is 4.31. The van der Waals surface area contributed by atoms with E-state index in [1.165, 1.54) is 17.7 Å². The highest BCUT2D eigenvalue weighted by Crippen LogP contribution is 2.20. The molecule has 0 aliphatic heterocycles. The van der Waals surface area contributed by atoms with E-state index in [-0.39, 0.29) is 0 Å². The molecule has 0 aliphatic rings. The number of nitrogens with one attached hydrogen (secondary N) is 1. The normalized spacial score (nSPS) is 10.2. The minimum Gasteiger partial charge on any atom is -0.369 e. The average Bonchev–Trinajstić information content (AvgIpc) is 2.15. The summed E-state index contributed by atoms with van der Waals surface area (Å²) in [6.45, 7) is 3.02. The van der Waals surface area contributed by atoms with Gasteiger partial charge in [0, 0.05) is 12.7 Å². The summed E-state index contributed by atoms with van der Waals surface area (Å²) >= 11 is 5.36. The van der Waals surface area contributed by atoms with Crippen LogP contribution in [0.3, 0.4) is 0 Å². The number of pyridine rings is 1. The van der Waals surface area contributed by atoms with Crippen molar-refractivity contribution < 1.29 is 0 Å². The maximum atomic E-state index is 4.31. The van der Waals surface area contributed by atoms with E-state index in [1.54, 1.807) is 0 Å². The van der Waals surface area contributed by atoms with Crippen LogP contribution in [0.1, 0.15) is 12.0 Å². The van der Waals surface area contributed by atoms with Crippen molar-refractivity contribution in [2.45, 2.75) is 13.3 Å². The van der Waals surface area contributed by atoms with Crippen molar-refractivity contribution in [1.82, 2.24) is 4.98 Å². The number of hydrogen-bond donors (Lipinski definition) is 1. The van der Waals surface area contributed by atoms with E-state index < -0.39 is 0 Å². The Morgan fingerprint density at radius 3 is 3.00 bits per heavy atom. The SMILES string of the molecule is CSCCCNc1ncc(C)cc1Br. The maximum absolute atomic E-state index is 4.31. The number of nitrogens with zero attached hydrogens (tertiary/aromatic N) is 1. The van der Waals surface area contributed by atoms with Crippen LogP contribution in [0.4, 0.5) is 5.82 Å². The Morgan fingerprint density at radius 2 is 2.36 bits per heavy atom. The maximum Gasteiger partial charge on any atom is 0.140 e. The number of hydrogen-bond acceptors (Lipinski definition) is 3. The highest BCUT2D eigenvalue weighted by atomic mass is 79.9. The first-order valence-electron chi connectivity index (χ1n) is 4.59. The molecule has 0 atom stereocenters. The fourth-order valence-electron chi connectivity index (χ4n) is 1.09. The number of anilines is 1. The standard InChI is InChI=1S/C10H15BrN2S/c1-8-6-9(11)10(13-7-8)12-4-3-5-14-2/h6-7H,3-5H2,1-2H3,(H,12,13). The zero-order valence-electron chi connectivity index (χ0n) is 8.51. The van der Waals surface area contributed by atoms with Gasteiger partial charge in [-0.2, -0.15) is 11.8 Å². The predicted molar refractivity (Wildman–Crippen MR) is 68.2 cm³/mol. The lowest BCUT2D eigenvalue weighted by Gasteiger charge is -2.07. The molecular weight excluding hydrogens is 260 g/mol. The monoisotopic (exact) mass is 274 g/mol. The van der Waals surface area contributed by atoms with E-state index >= 15 is 0 Å². The zero-order valence-corrected chi connectivity index (χ0v) is 10.9. The van der Waals surface area contributed by atoms with Gasteiger partial charge < -0.3 is 5.32 Å². The van der Waals surface area contributed by atoms with Crippen molar-refractivity contribution in [3.8, 4) is 0 Å². The number of halogens is 1. The molecule has 0 aliphatic carbocycles. The first-order valence-corrected chi connectivity index (χ1v) is 6.77. The molecule has 0 radical (unpaired) electrons. The predicted octanol–water partition coefficient (Wildman–Crippen LogP) is 3.32. The molecule has 0 amide bonds. The lowest BCUT2D eigenvalue weighted by molar-refractivity contribution is 0.979. The lowest BCUT2D eigenvalue weighted by atomic mass is 10.3. The summed E-state index contributed by atoms with van der Waals surface area (Å²) in [6.07, 6.45) is 5.17. The quantitative estimate of drug-likeness (QED) is 0.834. The third kappa shape index (κ3) is 3.88. The van der Waals surface area contributed by atoms with Crippen molar-refractivity contribution in [3.63, 3.8) is 0 Å². The van der Waals surface area contributed by atoms with Gasteiger partial charge in [0.1, 0.15) is 5.82 Å². The van der Waals surface area contributed by atoms with Crippen LogP contribution in [0.25, 0.3) is 0 Å². The van der Waals surface area contributed by atoms with Crippen LogP contribution in [0.15, 0.2) is 16.7 Å². The van der Waals surface area contributed by atoms with Crippen LogP contribution in [-0.2, 0) is 0 Å². The average molecular weight is 275 g/mol. The molecule has 2 nitrogen and oxygen atoms in total. The third-order valence-corrected chi connectivity index (χ3v) is 3.10. The zero-order chi connectivity index (χ0) is 10.4. The second kappa shape index (κ2) is 6.30. The second-order valence-electron chi connectivity index (χ2n) is 3.12. The van der Waals surface area contributed by atoms with E-state index in [1.807, 2.05) is 24.9 Å². The molecule has 1 heterocycles. The van der Waals surface area contributed by atoms with Gasteiger partial charge in [0.25, 0.3) is 0 Å². The molecule has 0 unspecified atom stereocenters. The lowest BCUT2D eigenvalue weighted by Crippen LogP contribution is -2.04. The second-order valence-corrected chi connectivity index (χ2v) is 4.96. The van der Waals surface area contributed by atoms with Gasteiger partial charge in [-0.3, -0.25) is 0 Å². The van der Waals surface area contributed by atoms with Crippen molar-refractivity contribution in [3.05, 3.63) is 22.3 Å². The topological polar surface area (TPSA) is 24.9 Å². The van der Waals surface area contributed by atoms with Crippen LogP contribution < -0.4 is 5.32 Å². The number of aromatic nitrogens is 1. The minimum absolute atomic E-state index is 0.941. The summed E-state index contributed by atoms with van der Waals surface area (Å²) in [7, 11) is 0. The van der Waals surface area contributed by atoms with Gasteiger partial charge in [0.05, 0.1) is 4.47 Å². The Hall–Kier alpha value is -0.220. The summed E-state index contributed by atoms with van der Waals surface area (Å²) in [5.41, 5.74) is 1.17. The Balaban J connectivity index is 2.42. The molecule has 0 bridgehead atoms. The highest BCUT2D eigenvalue weighted by molar-refractivity contribution is 9.10. The van der Waals surface area contributed by atoms with Crippen molar-refractivity contribution in [2.75, 3.05) is 23.9 Å². The molecule has 1 aromatic rings. The number of rotatable bonds is 5. The van der Waals surface area contributed by atoms with Crippen molar-refractivity contribution >= 4 is 33.5 Å². The van der Waals surface area contributed by atoms with Gasteiger partial charge in [0.2, 0.25) is 0 Å². The molecule has 0 fully saturated rings. The smallest absolute Gasteiger partial charge is 0.140 e. The molecule has 0 saturated carbocycles. The molecule has 0 spiro atoms. The van der Waals surface area contributed by atoms with E-state index in [2.05, 4.69) is 38.6 Å². The van der Waals surface area contributed by atoms with Gasteiger partial charge >= 0.3 is 0 Å². The molecule has 1 rings (SSSR count). The first kappa shape index (κ1) is 11.9. The summed E-state index contributed by atoms with van der Waals surface area (Å²) in [6, 6.07) is 2.07. The van der Waals surface area contributed by atoms with Crippen LogP contribution in [0.5, 0.6) is 0 Å². The van der Waals surface area contributed by atoms with Crippen LogP contribution in [0.2, 0.25) is 0 Å². The fraction of sp³-hybridized carbons (Fsp3) is 0.500. The Morgan fingerprint density at radius 1 is 1.57 bits per heavy atom. The van der Waals surface area contributed by atoms with Crippen LogP contribution >= 0.6 is 27.7 Å². The minimum atomic E-state index is 0.941. The van der Waals surface area contributed by atoms with E-state index in [4.69, 9.17) is 0 Å². The van der Waals surface area contributed by atoms with Gasteiger partial charge in [0.15, 0.2) is 0 Å². The number of aryl methyl sites for hydroxylation is 1. The van der Waals surface area contributed by atoms with E-state index in [0.717, 1.165) is 16.8 Å². The molecule has 0 saturated heterocycles. The molecule has 0 aromatic carbocycles. The fourth-order valence-corrected chi connectivity index (χ4v) is 2.12.